The molecular weight excluding hydrogens is 488 g/mol. The second kappa shape index (κ2) is 12.2. The molecule has 1 fully saturated rings. The van der Waals surface area contributed by atoms with Gasteiger partial charge in [0.15, 0.2) is 0 Å². The molecule has 1 aromatic heterocycles. The number of carbonyl (C=O) groups excluding carboxylic acids is 2. The molecule has 2 aliphatic rings. The summed E-state index contributed by atoms with van der Waals surface area (Å²) < 4.78 is 5.73. The van der Waals surface area contributed by atoms with Crippen LogP contribution in [0.5, 0.6) is 5.75 Å². The first kappa shape index (κ1) is 27.3. The molecule has 7 heteroatoms. The molecule has 2 amide bonds. The molecule has 3 aromatic rings. The molecule has 1 saturated heterocycles. The number of hydrogen-bond donors (Lipinski definition) is 2. The first-order chi connectivity index (χ1) is 19.1. The van der Waals surface area contributed by atoms with Gasteiger partial charge in [-0.25, -0.2) is 0 Å². The fraction of sp³-hybridized carbons (Fsp3) is 0.500. The summed E-state index contributed by atoms with van der Waals surface area (Å²) in [6, 6.07) is 15.1. The molecule has 0 bridgehead atoms. The van der Waals surface area contributed by atoms with Crippen molar-refractivity contribution in [1.82, 2.24) is 14.8 Å². The van der Waals surface area contributed by atoms with Gasteiger partial charge in [0, 0.05) is 41.5 Å². The largest absolute Gasteiger partial charge is 0.496 e. The van der Waals surface area contributed by atoms with Gasteiger partial charge >= 0.3 is 0 Å². The Labute approximate surface area is 232 Å². The summed E-state index contributed by atoms with van der Waals surface area (Å²) in [7, 11) is 1.66. The molecule has 2 atom stereocenters. The third-order valence-electron chi connectivity index (χ3n) is 8.50. The summed E-state index contributed by atoms with van der Waals surface area (Å²) in [5.74, 6) is 0.785. The number of H-pyrrole nitrogens is 1. The molecule has 0 unspecified atom stereocenters. The first-order valence-electron chi connectivity index (χ1n) is 14.7. The van der Waals surface area contributed by atoms with E-state index >= 15 is 0 Å². The van der Waals surface area contributed by atoms with Gasteiger partial charge in [-0.05, 0) is 30.5 Å². The van der Waals surface area contributed by atoms with Crippen molar-refractivity contribution in [2.45, 2.75) is 64.5 Å². The van der Waals surface area contributed by atoms with E-state index in [2.05, 4.69) is 31.0 Å². The van der Waals surface area contributed by atoms with Crippen LogP contribution < -0.4 is 9.64 Å². The lowest BCUT2D eigenvalue weighted by Gasteiger charge is -2.47. The van der Waals surface area contributed by atoms with Crippen LogP contribution in [0.2, 0.25) is 0 Å². The molecule has 0 aliphatic carbocycles. The lowest BCUT2D eigenvalue weighted by Crippen LogP contribution is -3.12. The van der Waals surface area contributed by atoms with Crippen LogP contribution >= 0.6 is 0 Å². The number of aromatic amines is 1. The lowest BCUT2D eigenvalue weighted by molar-refractivity contribution is -0.900. The Morgan fingerprint density at radius 3 is 2.38 bits per heavy atom. The normalized spacial score (nSPS) is 19.1. The highest BCUT2D eigenvalue weighted by atomic mass is 16.5. The SMILES string of the molecule is CCCC[NH+](CCCC)CCCN1CC(=O)N2[C@H](c3ccccc3OC)c3[nH]c4ccccc4c3C[C@H]2C1=O. The molecule has 2 aromatic carbocycles. The van der Waals surface area contributed by atoms with E-state index in [-0.39, 0.29) is 18.4 Å². The standard InChI is InChI=1S/C32H42N4O3/c1-4-6-17-34(18-7-5-2)19-12-20-35-22-29(37)36-27(32(35)38)21-25-23-13-8-10-15-26(23)33-30(25)31(36)24-14-9-11-16-28(24)39-3/h8-11,13-16,27,31,33H,4-7,12,17-22H2,1-3H3/p+1/t27-,31+/m0/s1. The van der Waals surface area contributed by atoms with E-state index in [1.807, 2.05) is 46.2 Å². The summed E-state index contributed by atoms with van der Waals surface area (Å²) in [6.07, 6.45) is 6.31. The predicted octanol–water partition coefficient (Wildman–Crippen LogP) is 3.74. The smallest absolute Gasteiger partial charge is 0.246 e. The third kappa shape index (κ3) is 5.42. The Morgan fingerprint density at radius 1 is 0.949 bits per heavy atom. The lowest BCUT2D eigenvalue weighted by atomic mass is 9.86. The fourth-order valence-electron chi connectivity index (χ4n) is 6.48. The number of carbonyl (C=O) groups is 2. The number of aromatic nitrogens is 1. The number of quaternary nitrogens is 1. The van der Waals surface area contributed by atoms with Crippen LogP contribution in [0.15, 0.2) is 48.5 Å². The van der Waals surface area contributed by atoms with Gasteiger partial charge in [0.1, 0.15) is 17.8 Å². The van der Waals surface area contributed by atoms with Gasteiger partial charge < -0.3 is 24.4 Å². The van der Waals surface area contributed by atoms with Crippen LogP contribution in [-0.2, 0) is 16.0 Å². The Kier molecular flexibility index (Phi) is 8.56. The van der Waals surface area contributed by atoms with Crippen molar-refractivity contribution in [3.05, 3.63) is 65.4 Å². The maximum Gasteiger partial charge on any atom is 0.246 e. The molecule has 0 spiro atoms. The first-order valence-corrected chi connectivity index (χ1v) is 14.7. The molecule has 2 N–H and O–H groups in total. The zero-order chi connectivity index (χ0) is 27.4. The second-order valence-corrected chi connectivity index (χ2v) is 11.0. The number of rotatable bonds is 12. The predicted molar refractivity (Wildman–Crippen MR) is 154 cm³/mol. The number of nitrogens with zero attached hydrogens (tertiary/aromatic N) is 2. The number of benzene rings is 2. The molecule has 0 saturated carbocycles. The molecule has 0 radical (unpaired) electrons. The maximum absolute atomic E-state index is 14.0. The number of ether oxygens (including phenoxy) is 1. The van der Waals surface area contributed by atoms with Crippen LogP contribution in [0.3, 0.4) is 0 Å². The summed E-state index contributed by atoms with van der Waals surface area (Å²) in [6.45, 7) is 8.66. The van der Waals surface area contributed by atoms with E-state index in [1.54, 1.807) is 12.0 Å². The molecule has 2 aliphatic heterocycles. The number of hydrogen-bond acceptors (Lipinski definition) is 3. The van der Waals surface area contributed by atoms with Gasteiger partial charge in [-0.1, -0.05) is 63.1 Å². The molecular formula is C32H43N4O3+. The number of unbranched alkanes of at least 4 members (excludes halogenated alkanes) is 2. The minimum atomic E-state index is -0.517. The molecule has 208 valence electrons. The number of piperazine rings is 1. The van der Waals surface area contributed by atoms with Crippen LogP contribution in [0.4, 0.5) is 0 Å². The Bertz CT molecular complexity index is 1290. The zero-order valence-corrected chi connectivity index (χ0v) is 23.7. The van der Waals surface area contributed by atoms with Gasteiger partial charge in [-0.3, -0.25) is 9.59 Å². The average Bonchev–Trinajstić information content (AvgIpc) is 3.34. The van der Waals surface area contributed by atoms with Gasteiger partial charge in [0.2, 0.25) is 11.8 Å². The van der Waals surface area contributed by atoms with Crippen molar-refractivity contribution in [3.63, 3.8) is 0 Å². The van der Waals surface area contributed by atoms with E-state index in [1.165, 1.54) is 38.8 Å². The second-order valence-electron chi connectivity index (χ2n) is 11.0. The average molecular weight is 532 g/mol. The highest BCUT2D eigenvalue weighted by molar-refractivity contribution is 5.97. The van der Waals surface area contributed by atoms with Crippen molar-refractivity contribution < 1.29 is 19.2 Å². The molecule has 7 nitrogen and oxygen atoms in total. The molecule has 39 heavy (non-hydrogen) atoms. The number of amides is 2. The highest BCUT2D eigenvalue weighted by Gasteiger charge is 2.48. The van der Waals surface area contributed by atoms with Crippen LogP contribution in [-0.4, -0.2) is 72.5 Å². The zero-order valence-electron chi connectivity index (χ0n) is 23.7. The van der Waals surface area contributed by atoms with Crippen LogP contribution in [0, 0.1) is 0 Å². The number of fused-ring (bicyclic) bond motifs is 4. The Morgan fingerprint density at radius 2 is 1.64 bits per heavy atom. The Balaban J connectivity index is 1.42. The Hall–Kier alpha value is -3.32. The van der Waals surface area contributed by atoms with Crippen LogP contribution in [0.25, 0.3) is 10.9 Å². The van der Waals surface area contributed by atoms with Crippen molar-refractivity contribution in [2.24, 2.45) is 0 Å². The third-order valence-corrected chi connectivity index (χ3v) is 8.50. The van der Waals surface area contributed by atoms with E-state index in [0.29, 0.717) is 13.0 Å². The summed E-state index contributed by atoms with van der Waals surface area (Å²) in [5, 5.41) is 1.12. The van der Waals surface area contributed by atoms with Gasteiger partial charge in [0.05, 0.1) is 33.3 Å². The summed E-state index contributed by atoms with van der Waals surface area (Å²) in [5.41, 5.74) is 4.04. The van der Waals surface area contributed by atoms with Crippen molar-refractivity contribution >= 4 is 22.7 Å². The minimum absolute atomic E-state index is 0.000909. The monoisotopic (exact) mass is 531 g/mol. The molecule has 5 rings (SSSR count). The van der Waals surface area contributed by atoms with E-state index in [0.717, 1.165) is 46.4 Å². The van der Waals surface area contributed by atoms with Crippen molar-refractivity contribution in [2.75, 3.05) is 39.8 Å². The van der Waals surface area contributed by atoms with E-state index in [9.17, 15) is 9.59 Å². The topological polar surface area (TPSA) is 70.1 Å². The van der Waals surface area contributed by atoms with Gasteiger partial charge in [-0.2, -0.15) is 0 Å². The van der Waals surface area contributed by atoms with Gasteiger partial charge in [0.25, 0.3) is 0 Å². The quantitative estimate of drug-likeness (QED) is 0.374. The summed E-state index contributed by atoms with van der Waals surface area (Å²) in [4.78, 5) is 36.7. The van der Waals surface area contributed by atoms with Gasteiger partial charge in [-0.15, -0.1) is 0 Å². The fourth-order valence-corrected chi connectivity index (χ4v) is 6.48. The highest BCUT2D eigenvalue weighted by Crippen LogP contribution is 2.44. The summed E-state index contributed by atoms with van der Waals surface area (Å²) >= 11 is 0. The number of para-hydroxylation sites is 2. The number of methoxy groups -OCH3 is 1. The van der Waals surface area contributed by atoms with E-state index < -0.39 is 12.1 Å². The number of nitrogens with one attached hydrogen (secondary N) is 2. The van der Waals surface area contributed by atoms with Crippen LogP contribution in [0.1, 0.15) is 68.8 Å². The minimum Gasteiger partial charge on any atom is -0.496 e. The maximum atomic E-state index is 14.0. The molecule has 3 heterocycles. The van der Waals surface area contributed by atoms with E-state index in [4.69, 9.17) is 4.74 Å². The van der Waals surface area contributed by atoms with Crippen molar-refractivity contribution in [3.8, 4) is 5.75 Å². The van der Waals surface area contributed by atoms with Crippen molar-refractivity contribution in [1.29, 1.82) is 0 Å².